The van der Waals surface area contributed by atoms with E-state index in [4.69, 9.17) is 33.0 Å². The zero-order valence-electron chi connectivity index (χ0n) is 10.3. The van der Waals surface area contributed by atoms with E-state index in [1.165, 1.54) is 0 Å². The number of aliphatic carboxylic acids is 1. The van der Waals surface area contributed by atoms with E-state index in [-0.39, 0.29) is 12.5 Å². The molecule has 0 unspecified atom stereocenters. The molecule has 1 heterocycles. The van der Waals surface area contributed by atoms with Gasteiger partial charge in [-0.1, -0.05) is 29.3 Å². The number of rotatable bonds is 4. The van der Waals surface area contributed by atoms with E-state index in [9.17, 15) is 4.79 Å². The molecule has 1 fully saturated rings. The van der Waals surface area contributed by atoms with Crippen LogP contribution in [-0.4, -0.2) is 42.2 Å². The van der Waals surface area contributed by atoms with Gasteiger partial charge in [0.15, 0.2) is 0 Å². The van der Waals surface area contributed by atoms with E-state index in [1.807, 2.05) is 6.07 Å². The molecule has 1 atom stereocenters. The number of carbonyl (C=O) groups is 1. The van der Waals surface area contributed by atoms with E-state index in [1.54, 1.807) is 12.1 Å². The largest absolute Gasteiger partial charge is 0.481 e. The van der Waals surface area contributed by atoms with Gasteiger partial charge in [0, 0.05) is 19.6 Å². The summed E-state index contributed by atoms with van der Waals surface area (Å²) in [5.41, 5.74) is 0.967. The standard InChI is InChI=1S/C13H15Cl2NO3/c14-10-2-1-9(7-11(10)15)12-8-16(5-6-19-12)4-3-13(17)18/h1-2,7,12H,3-6,8H2,(H,17,18)/t12-/m1/s1. The van der Waals surface area contributed by atoms with Crippen LogP contribution in [0.4, 0.5) is 0 Å². The van der Waals surface area contributed by atoms with Gasteiger partial charge in [0.2, 0.25) is 0 Å². The number of carboxylic acid groups (broad SMARTS) is 1. The molecular formula is C13H15Cl2NO3. The van der Waals surface area contributed by atoms with Gasteiger partial charge in [-0.15, -0.1) is 0 Å². The Hall–Kier alpha value is -0.810. The lowest BCUT2D eigenvalue weighted by molar-refractivity contribution is -0.137. The highest BCUT2D eigenvalue weighted by Crippen LogP contribution is 2.28. The third-order valence-corrected chi connectivity index (χ3v) is 3.85. The van der Waals surface area contributed by atoms with Crippen molar-refractivity contribution in [1.29, 1.82) is 0 Å². The second-order valence-electron chi connectivity index (χ2n) is 4.48. The maximum absolute atomic E-state index is 10.6. The van der Waals surface area contributed by atoms with E-state index in [0.717, 1.165) is 12.1 Å². The second kappa shape index (κ2) is 6.57. The average Bonchev–Trinajstić information content (AvgIpc) is 2.40. The Kier molecular flexibility index (Phi) is 5.05. The Morgan fingerprint density at radius 3 is 2.89 bits per heavy atom. The number of ether oxygens (including phenoxy) is 1. The van der Waals surface area contributed by atoms with Gasteiger partial charge in [-0.3, -0.25) is 9.69 Å². The molecule has 1 aliphatic rings. The molecule has 104 valence electrons. The summed E-state index contributed by atoms with van der Waals surface area (Å²) in [6.45, 7) is 2.55. The van der Waals surface area contributed by atoms with Crippen LogP contribution < -0.4 is 0 Å². The highest BCUT2D eigenvalue weighted by Gasteiger charge is 2.22. The zero-order valence-corrected chi connectivity index (χ0v) is 11.8. The van der Waals surface area contributed by atoms with Gasteiger partial charge < -0.3 is 9.84 Å². The van der Waals surface area contributed by atoms with Crippen molar-refractivity contribution in [1.82, 2.24) is 4.90 Å². The molecule has 1 aliphatic heterocycles. The molecule has 0 spiro atoms. The first-order valence-electron chi connectivity index (χ1n) is 6.07. The van der Waals surface area contributed by atoms with E-state index < -0.39 is 5.97 Å². The number of morpholine rings is 1. The number of carboxylic acids is 1. The Balaban J connectivity index is 2.00. The summed E-state index contributed by atoms with van der Waals surface area (Å²) in [6.07, 6.45) is 0.0611. The van der Waals surface area contributed by atoms with Crippen molar-refractivity contribution in [2.45, 2.75) is 12.5 Å². The first kappa shape index (κ1) is 14.6. The molecular weight excluding hydrogens is 289 g/mol. The molecule has 1 aromatic rings. The lowest BCUT2D eigenvalue weighted by Crippen LogP contribution is -2.39. The zero-order chi connectivity index (χ0) is 13.8. The van der Waals surface area contributed by atoms with Gasteiger partial charge in [0.25, 0.3) is 0 Å². The minimum absolute atomic E-state index is 0.0858. The topological polar surface area (TPSA) is 49.8 Å². The molecule has 1 N–H and O–H groups in total. The summed E-state index contributed by atoms with van der Waals surface area (Å²) >= 11 is 11.9. The van der Waals surface area contributed by atoms with Gasteiger partial charge >= 0.3 is 5.97 Å². The fraction of sp³-hybridized carbons (Fsp3) is 0.462. The molecule has 0 saturated carbocycles. The fourth-order valence-electron chi connectivity index (χ4n) is 2.07. The van der Waals surface area contributed by atoms with Crippen LogP contribution in [-0.2, 0) is 9.53 Å². The Labute approximate surface area is 121 Å². The van der Waals surface area contributed by atoms with Crippen LogP contribution >= 0.6 is 23.2 Å². The van der Waals surface area contributed by atoms with Gasteiger partial charge in [0.05, 0.1) is 29.2 Å². The number of halogens is 2. The molecule has 6 heteroatoms. The molecule has 0 bridgehead atoms. The van der Waals surface area contributed by atoms with Gasteiger partial charge in [-0.05, 0) is 17.7 Å². The minimum Gasteiger partial charge on any atom is -0.481 e. The smallest absolute Gasteiger partial charge is 0.304 e. The van der Waals surface area contributed by atoms with Crippen LogP contribution in [0.5, 0.6) is 0 Å². The maximum atomic E-state index is 10.6. The van der Waals surface area contributed by atoms with Crippen molar-refractivity contribution in [2.75, 3.05) is 26.2 Å². The summed E-state index contributed by atoms with van der Waals surface area (Å²) < 4.78 is 5.71. The van der Waals surface area contributed by atoms with Crippen molar-refractivity contribution in [3.8, 4) is 0 Å². The Morgan fingerprint density at radius 1 is 1.42 bits per heavy atom. The molecule has 2 rings (SSSR count). The molecule has 1 saturated heterocycles. The van der Waals surface area contributed by atoms with E-state index in [2.05, 4.69) is 4.90 Å². The number of hydrogen-bond donors (Lipinski definition) is 1. The number of hydrogen-bond acceptors (Lipinski definition) is 3. The molecule has 1 aromatic carbocycles. The SMILES string of the molecule is O=C(O)CCN1CCO[C@@H](c2ccc(Cl)c(Cl)c2)C1. The Bertz CT molecular complexity index is 467. The lowest BCUT2D eigenvalue weighted by Gasteiger charge is -2.32. The first-order chi connectivity index (χ1) is 9.06. The van der Waals surface area contributed by atoms with Crippen LogP contribution in [0.15, 0.2) is 18.2 Å². The lowest BCUT2D eigenvalue weighted by atomic mass is 10.1. The fourth-order valence-corrected chi connectivity index (χ4v) is 2.38. The van der Waals surface area contributed by atoms with Crippen LogP contribution in [0.1, 0.15) is 18.1 Å². The highest BCUT2D eigenvalue weighted by atomic mass is 35.5. The summed E-state index contributed by atoms with van der Waals surface area (Å²) in [6, 6.07) is 5.44. The van der Waals surface area contributed by atoms with Gasteiger partial charge in [-0.2, -0.15) is 0 Å². The van der Waals surface area contributed by atoms with Crippen LogP contribution in [0, 0.1) is 0 Å². The van der Waals surface area contributed by atoms with Crippen molar-refractivity contribution in [3.05, 3.63) is 33.8 Å². The average molecular weight is 304 g/mol. The third kappa shape index (κ3) is 4.08. The summed E-state index contributed by atoms with van der Waals surface area (Å²) in [7, 11) is 0. The quantitative estimate of drug-likeness (QED) is 0.929. The summed E-state index contributed by atoms with van der Waals surface area (Å²) in [5, 5.41) is 9.73. The van der Waals surface area contributed by atoms with E-state index in [0.29, 0.717) is 29.7 Å². The van der Waals surface area contributed by atoms with E-state index >= 15 is 0 Å². The van der Waals surface area contributed by atoms with Crippen molar-refractivity contribution in [3.63, 3.8) is 0 Å². The van der Waals surface area contributed by atoms with Gasteiger partial charge in [0.1, 0.15) is 0 Å². The highest BCUT2D eigenvalue weighted by molar-refractivity contribution is 6.42. The van der Waals surface area contributed by atoms with Crippen LogP contribution in [0.2, 0.25) is 10.0 Å². The first-order valence-corrected chi connectivity index (χ1v) is 6.82. The monoisotopic (exact) mass is 303 g/mol. The molecule has 0 aliphatic carbocycles. The minimum atomic E-state index is -0.780. The van der Waals surface area contributed by atoms with Crippen molar-refractivity contribution in [2.24, 2.45) is 0 Å². The molecule has 0 aromatic heterocycles. The summed E-state index contributed by atoms with van der Waals surface area (Å²) in [4.78, 5) is 12.7. The maximum Gasteiger partial charge on any atom is 0.304 e. The predicted molar refractivity (Wildman–Crippen MR) is 73.8 cm³/mol. The predicted octanol–water partition coefficient (Wildman–Crippen LogP) is 2.84. The normalized spacial score (nSPS) is 20.4. The third-order valence-electron chi connectivity index (χ3n) is 3.11. The van der Waals surface area contributed by atoms with Crippen molar-refractivity contribution >= 4 is 29.2 Å². The summed E-state index contributed by atoms with van der Waals surface area (Å²) in [5.74, 6) is -0.780. The number of nitrogens with zero attached hydrogens (tertiary/aromatic N) is 1. The molecule has 4 nitrogen and oxygen atoms in total. The molecule has 0 amide bonds. The molecule has 19 heavy (non-hydrogen) atoms. The Morgan fingerprint density at radius 2 is 2.21 bits per heavy atom. The van der Waals surface area contributed by atoms with Crippen LogP contribution in [0.3, 0.4) is 0 Å². The van der Waals surface area contributed by atoms with Crippen molar-refractivity contribution < 1.29 is 14.6 Å². The van der Waals surface area contributed by atoms with Gasteiger partial charge in [-0.25, -0.2) is 0 Å². The second-order valence-corrected chi connectivity index (χ2v) is 5.29. The molecule has 0 radical (unpaired) electrons. The van der Waals surface area contributed by atoms with Crippen LogP contribution in [0.25, 0.3) is 0 Å². The number of benzene rings is 1.